The smallest absolute Gasteiger partial charge is 0.352 e. The van der Waals surface area contributed by atoms with E-state index in [4.69, 9.17) is 5.11 Å². The van der Waals surface area contributed by atoms with E-state index in [1.165, 1.54) is 4.57 Å². The van der Waals surface area contributed by atoms with E-state index in [0.717, 1.165) is 11.8 Å². The Balaban J connectivity index is 2.98. The molecule has 2 aromatic heterocycles. The summed E-state index contributed by atoms with van der Waals surface area (Å²) in [5.74, 6) is -1.12. The molecule has 0 aliphatic heterocycles. The molecule has 2 heterocycles. The van der Waals surface area contributed by atoms with Crippen LogP contribution in [-0.2, 0) is 6.54 Å². The Kier molecular flexibility index (Phi) is 2.67. The van der Waals surface area contributed by atoms with Crippen LogP contribution in [0.15, 0.2) is 23.0 Å². The van der Waals surface area contributed by atoms with Gasteiger partial charge in [-0.25, -0.2) is 9.78 Å². The molecule has 0 radical (unpaired) electrons. The summed E-state index contributed by atoms with van der Waals surface area (Å²) in [5, 5.41) is 9.51. The highest BCUT2D eigenvalue weighted by Gasteiger charge is 2.14. The molecule has 0 saturated heterocycles. The minimum Gasteiger partial charge on any atom is -0.477 e. The predicted octanol–water partition coefficient (Wildman–Crippen LogP) is 1.42. The van der Waals surface area contributed by atoms with Crippen LogP contribution in [0.25, 0.3) is 11.0 Å². The summed E-state index contributed by atoms with van der Waals surface area (Å²) >= 11 is 0. The first-order valence-electron chi connectivity index (χ1n) is 5.29. The van der Waals surface area contributed by atoms with Gasteiger partial charge in [0.25, 0.3) is 0 Å². The van der Waals surface area contributed by atoms with E-state index >= 15 is 0 Å². The van der Waals surface area contributed by atoms with Crippen LogP contribution in [0.5, 0.6) is 0 Å². The summed E-state index contributed by atoms with van der Waals surface area (Å²) in [4.78, 5) is 27.1. The Bertz CT molecular complexity index is 659. The van der Waals surface area contributed by atoms with Crippen molar-refractivity contribution in [3.8, 4) is 0 Å². The largest absolute Gasteiger partial charge is 0.477 e. The van der Waals surface area contributed by atoms with Crippen molar-refractivity contribution in [2.75, 3.05) is 0 Å². The van der Waals surface area contributed by atoms with Gasteiger partial charge in [-0.1, -0.05) is 0 Å². The van der Waals surface area contributed by atoms with E-state index in [1.807, 2.05) is 6.92 Å². The molecule has 0 unspecified atom stereocenters. The van der Waals surface area contributed by atoms with Crippen LogP contribution >= 0.6 is 0 Å². The van der Waals surface area contributed by atoms with Gasteiger partial charge in [-0.15, -0.1) is 0 Å². The highest BCUT2D eigenvalue weighted by Crippen LogP contribution is 2.12. The summed E-state index contributed by atoms with van der Waals surface area (Å²) in [7, 11) is 0. The molecule has 0 amide bonds. The maximum absolute atomic E-state index is 11.8. The van der Waals surface area contributed by atoms with Gasteiger partial charge in [0.15, 0.2) is 5.43 Å². The molecule has 0 fully saturated rings. The minimum absolute atomic E-state index is 0.0249. The number of rotatable bonds is 2. The first kappa shape index (κ1) is 11.3. The van der Waals surface area contributed by atoms with Crippen LogP contribution in [0.4, 0.5) is 0 Å². The number of carboxylic acids is 1. The number of aryl methyl sites for hydroxylation is 2. The monoisotopic (exact) mass is 232 g/mol. The molecule has 0 saturated carbocycles. The highest BCUT2D eigenvalue weighted by atomic mass is 16.4. The second-order valence-electron chi connectivity index (χ2n) is 3.77. The average Bonchev–Trinajstić information content (AvgIpc) is 2.28. The molecule has 0 aromatic carbocycles. The fourth-order valence-electron chi connectivity index (χ4n) is 1.83. The van der Waals surface area contributed by atoms with Gasteiger partial charge in [0.05, 0.1) is 5.39 Å². The van der Waals surface area contributed by atoms with Gasteiger partial charge in [-0.05, 0) is 26.0 Å². The molecule has 2 aromatic rings. The molecule has 1 N–H and O–H groups in total. The second-order valence-corrected chi connectivity index (χ2v) is 3.77. The molecule has 0 aliphatic carbocycles. The first-order chi connectivity index (χ1) is 8.04. The minimum atomic E-state index is -1.12. The quantitative estimate of drug-likeness (QED) is 0.850. The molecule has 5 heteroatoms. The summed E-state index contributed by atoms with van der Waals surface area (Å²) < 4.78 is 1.53. The van der Waals surface area contributed by atoms with Crippen molar-refractivity contribution in [3.63, 3.8) is 0 Å². The van der Waals surface area contributed by atoms with Gasteiger partial charge in [-0.2, -0.15) is 0 Å². The van der Waals surface area contributed by atoms with Crippen LogP contribution < -0.4 is 5.43 Å². The Morgan fingerprint density at radius 2 is 2.18 bits per heavy atom. The van der Waals surface area contributed by atoms with Crippen molar-refractivity contribution in [1.29, 1.82) is 0 Å². The van der Waals surface area contributed by atoms with Crippen LogP contribution in [0, 0.1) is 6.92 Å². The lowest BCUT2D eigenvalue weighted by Crippen LogP contribution is -2.18. The normalized spacial score (nSPS) is 10.7. The summed E-state index contributed by atoms with van der Waals surface area (Å²) in [6.07, 6.45) is 0. The van der Waals surface area contributed by atoms with Crippen molar-refractivity contribution in [2.24, 2.45) is 0 Å². The van der Waals surface area contributed by atoms with E-state index in [2.05, 4.69) is 4.98 Å². The first-order valence-corrected chi connectivity index (χ1v) is 5.29. The van der Waals surface area contributed by atoms with Crippen molar-refractivity contribution < 1.29 is 9.90 Å². The number of fused-ring (bicyclic) bond motifs is 1. The SMILES string of the molecule is CCn1c(C(=O)O)cc(=O)c2ccc(C)nc21. The summed E-state index contributed by atoms with van der Waals surface area (Å²) in [6, 6.07) is 4.56. The van der Waals surface area contributed by atoms with Crippen LogP contribution in [0.3, 0.4) is 0 Å². The fraction of sp³-hybridized carbons (Fsp3) is 0.250. The Morgan fingerprint density at radius 1 is 1.47 bits per heavy atom. The number of pyridine rings is 2. The Morgan fingerprint density at radius 3 is 2.76 bits per heavy atom. The maximum Gasteiger partial charge on any atom is 0.352 e. The van der Waals surface area contributed by atoms with Gasteiger partial charge in [0.1, 0.15) is 11.3 Å². The molecule has 0 atom stereocenters. The second kappa shape index (κ2) is 4.01. The number of aromatic carboxylic acids is 1. The number of hydrogen-bond donors (Lipinski definition) is 1. The maximum atomic E-state index is 11.8. The van der Waals surface area contributed by atoms with E-state index < -0.39 is 5.97 Å². The van der Waals surface area contributed by atoms with Gasteiger partial charge in [-0.3, -0.25) is 4.79 Å². The molecular formula is C12H12N2O3. The molecular weight excluding hydrogens is 220 g/mol. The lowest BCUT2D eigenvalue weighted by atomic mass is 10.2. The van der Waals surface area contributed by atoms with Gasteiger partial charge in [0.2, 0.25) is 0 Å². The van der Waals surface area contributed by atoms with Crippen LogP contribution in [-0.4, -0.2) is 20.6 Å². The van der Waals surface area contributed by atoms with Gasteiger partial charge < -0.3 is 9.67 Å². The summed E-state index contributed by atoms with van der Waals surface area (Å²) in [6.45, 7) is 4.08. The predicted molar refractivity (Wildman–Crippen MR) is 63.4 cm³/mol. The lowest BCUT2D eigenvalue weighted by Gasteiger charge is -2.11. The molecule has 0 spiro atoms. The lowest BCUT2D eigenvalue weighted by molar-refractivity contribution is 0.0685. The molecule has 17 heavy (non-hydrogen) atoms. The Labute approximate surface area is 97.3 Å². The van der Waals surface area contributed by atoms with E-state index in [-0.39, 0.29) is 11.1 Å². The number of carbonyl (C=O) groups is 1. The van der Waals surface area contributed by atoms with E-state index in [0.29, 0.717) is 17.6 Å². The van der Waals surface area contributed by atoms with Crippen LogP contribution in [0.2, 0.25) is 0 Å². The highest BCUT2D eigenvalue weighted by molar-refractivity contribution is 5.89. The van der Waals surface area contributed by atoms with Crippen molar-refractivity contribution in [3.05, 3.63) is 39.8 Å². The molecule has 5 nitrogen and oxygen atoms in total. The van der Waals surface area contributed by atoms with Crippen LogP contribution in [0.1, 0.15) is 23.1 Å². The van der Waals surface area contributed by atoms with Gasteiger partial charge in [0, 0.05) is 18.3 Å². The third kappa shape index (κ3) is 1.80. The zero-order valence-corrected chi connectivity index (χ0v) is 9.60. The molecule has 0 aliphatic rings. The number of aromatic nitrogens is 2. The molecule has 0 bridgehead atoms. The third-order valence-corrected chi connectivity index (χ3v) is 2.63. The Hall–Kier alpha value is -2.17. The molecule has 2 rings (SSSR count). The van der Waals surface area contributed by atoms with Crippen molar-refractivity contribution in [2.45, 2.75) is 20.4 Å². The topological polar surface area (TPSA) is 72.2 Å². The third-order valence-electron chi connectivity index (χ3n) is 2.63. The van der Waals surface area contributed by atoms with Crippen molar-refractivity contribution >= 4 is 17.0 Å². The number of hydrogen-bond acceptors (Lipinski definition) is 3. The standard InChI is InChI=1S/C12H12N2O3/c1-3-14-9(12(16)17)6-10(15)8-5-4-7(2)13-11(8)14/h4-6H,3H2,1-2H3,(H,16,17). The zero-order chi connectivity index (χ0) is 12.6. The van der Waals surface area contributed by atoms with Gasteiger partial charge >= 0.3 is 5.97 Å². The number of carboxylic acid groups (broad SMARTS) is 1. The summed E-state index contributed by atoms with van der Waals surface area (Å²) in [5.41, 5.74) is 0.844. The van der Waals surface area contributed by atoms with Crippen molar-refractivity contribution in [1.82, 2.24) is 9.55 Å². The zero-order valence-electron chi connectivity index (χ0n) is 9.60. The van der Waals surface area contributed by atoms with E-state index in [1.54, 1.807) is 19.1 Å². The number of nitrogens with zero attached hydrogens (tertiary/aromatic N) is 2. The average molecular weight is 232 g/mol. The molecule has 88 valence electrons. The fourth-order valence-corrected chi connectivity index (χ4v) is 1.83. The van der Waals surface area contributed by atoms with E-state index in [9.17, 15) is 9.59 Å².